The van der Waals surface area contributed by atoms with E-state index in [4.69, 9.17) is 9.97 Å². The summed E-state index contributed by atoms with van der Waals surface area (Å²) in [6.07, 6.45) is 18.1. The van der Waals surface area contributed by atoms with Crippen molar-refractivity contribution in [2.75, 3.05) is 9.80 Å². The predicted molar refractivity (Wildman–Crippen MR) is 180 cm³/mol. The Labute approximate surface area is 257 Å². The molecule has 3 heterocycles. The zero-order valence-electron chi connectivity index (χ0n) is 24.1. The lowest BCUT2D eigenvalue weighted by atomic mass is 9.88. The van der Waals surface area contributed by atoms with Crippen molar-refractivity contribution in [3.05, 3.63) is 169 Å². The highest BCUT2D eigenvalue weighted by Gasteiger charge is 2.47. The zero-order chi connectivity index (χ0) is 29.0. The lowest BCUT2D eigenvalue weighted by Gasteiger charge is -2.32. The van der Waals surface area contributed by atoms with Crippen molar-refractivity contribution in [3.63, 3.8) is 0 Å². The average molecular weight is 567 g/mol. The number of hydrogen-bond acceptors (Lipinski definition) is 4. The highest BCUT2D eigenvalue weighted by molar-refractivity contribution is 5.93. The van der Waals surface area contributed by atoms with Crippen LogP contribution in [0, 0.1) is 0 Å². The number of benzene rings is 4. The lowest BCUT2D eigenvalue weighted by molar-refractivity contribution is 0.727. The van der Waals surface area contributed by atoms with E-state index in [-0.39, 0.29) is 23.9 Å². The van der Waals surface area contributed by atoms with E-state index in [1.807, 2.05) is 12.1 Å². The molecule has 0 N–H and O–H groups in total. The van der Waals surface area contributed by atoms with Gasteiger partial charge in [-0.3, -0.25) is 0 Å². The van der Waals surface area contributed by atoms with Gasteiger partial charge in [0.25, 0.3) is 0 Å². The summed E-state index contributed by atoms with van der Waals surface area (Å²) in [5.41, 5.74) is 10.3. The van der Waals surface area contributed by atoms with E-state index in [0.29, 0.717) is 0 Å². The number of para-hydroxylation sites is 1. The number of fused-ring (bicyclic) bond motifs is 7. The Morgan fingerprint density at radius 1 is 0.455 bits per heavy atom. The van der Waals surface area contributed by atoms with Crippen molar-refractivity contribution in [2.24, 2.45) is 0 Å². The topological polar surface area (TPSA) is 32.3 Å². The summed E-state index contributed by atoms with van der Waals surface area (Å²) < 4.78 is 0. The number of allylic oxidation sites excluding steroid dienone is 4. The minimum Gasteiger partial charge on any atom is -0.332 e. The molecule has 44 heavy (non-hydrogen) atoms. The zero-order valence-corrected chi connectivity index (χ0v) is 24.1. The van der Waals surface area contributed by atoms with Crippen molar-refractivity contribution in [3.8, 4) is 22.5 Å². The number of hydrogen-bond donors (Lipinski definition) is 0. The first-order chi connectivity index (χ1) is 21.8. The third kappa shape index (κ3) is 3.84. The molecule has 2 aliphatic carbocycles. The third-order valence-electron chi connectivity index (χ3n) is 9.32. The quantitative estimate of drug-likeness (QED) is 0.217. The SMILES string of the molecule is C1=CC2c3ccc4c(c3N(c3ccccc3)C2C=C1)N(c1nc(-c2ccccc2)cc(-c2ccccc2)n1)C1C=CC=CC41. The number of rotatable bonds is 4. The van der Waals surface area contributed by atoms with Crippen LogP contribution in [0.3, 0.4) is 0 Å². The van der Waals surface area contributed by atoms with Gasteiger partial charge in [0, 0.05) is 28.7 Å². The fourth-order valence-corrected chi connectivity index (χ4v) is 7.39. The van der Waals surface area contributed by atoms with E-state index in [1.165, 1.54) is 28.2 Å². The van der Waals surface area contributed by atoms with E-state index in [9.17, 15) is 0 Å². The van der Waals surface area contributed by atoms with Crippen LogP contribution in [0.5, 0.6) is 0 Å². The highest BCUT2D eigenvalue weighted by Crippen LogP contribution is 2.59. The summed E-state index contributed by atoms with van der Waals surface area (Å²) in [7, 11) is 0. The van der Waals surface area contributed by atoms with Gasteiger partial charge in [-0.25, -0.2) is 9.97 Å². The van der Waals surface area contributed by atoms with Crippen molar-refractivity contribution < 1.29 is 0 Å². The summed E-state index contributed by atoms with van der Waals surface area (Å²) in [6, 6.07) is 38.8. The Morgan fingerprint density at radius 2 is 0.909 bits per heavy atom. The van der Waals surface area contributed by atoms with Crippen LogP contribution in [-0.4, -0.2) is 22.1 Å². The Balaban J connectivity index is 1.31. The maximum Gasteiger partial charge on any atom is 0.231 e. The second kappa shape index (κ2) is 10.1. The van der Waals surface area contributed by atoms with Gasteiger partial charge in [-0.2, -0.15) is 0 Å². The number of nitrogens with zero attached hydrogens (tertiary/aromatic N) is 4. The van der Waals surface area contributed by atoms with Gasteiger partial charge in [-0.15, -0.1) is 0 Å². The molecule has 0 bridgehead atoms. The molecular formula is C40H30N4. The molecule has 9 rings (SSSR count). The van der Waals surface area contributed by atoms with Crippen LogP contribution in [0.2, 0.25) is 0 Å². The molecule has 2 aliphatic heterocycles. The Hall–Kier alpha value is -5.48. The van der Waals surface area contributed by atoms with Crippen LogP contribution in [-0.2, 0) is 0 Å². The first-order valence-electron chi connectivity index (χ1n) is 15.4. The van der Waals surface area contributed by atoms with E-state index in [0.717, 1.165) is 28.5 Å². The molecule has 0 fully saturated rings. The van der Waals surface area contributed by atoms with Gasteiger partial charge in [0.15, 0.2) is 0 Å². The van der Waals surface area contributed by atoms with E-state index in [1.54, 1.807) is 0 Å². The Bertz CT molecular complexity index is 1930. The minimum absolute atomic E-state index is 0.0717. The van der Waals surface area contributed by atoms with Gasteiger partial charge in [-0.1, -0.05) is 140 Å². The number of aromatic nitrogens is 2. The number of anilines is 4. The Morgan fingerprint density at radius 3 is 1.45 bits per heavy atom. The van der Waals surface area contributed by atoms with Gasteiger partial charge in [-0.05, 0) is 29.3 Å². The van der Waals surface area contributed by atoms with Crippen LogP contribution >= 0.6 is 0 Å². The summed E-state index contributed by atoms with van der Waals surface area (Å²) in [6.45, 7) is 0. The van der Waals surface area contributed by atoms with Crippen molar-refractivity contribution in [2.45, 2.75) is 23.9 Å². The molecular weight excluding hydrogens is 536 g/mol. The normalized spacial score (nSPS) is 22.1. The largest absolute Gasteiger partial charge is 0.332 e. The van der Waals surface area contributed by atoms with Crippen molar-refractivity contribution in [1.29, 1.82) is 0 Å². The average Bonchev–Trinajstić information content (AvgIpc) is 3.62. The van der Waals surface area contributed by atoms with E-state index >= 15 is 0 Å². The fourth-order valence-electron chi connectivity index (χ4n) is 7.39. The highest BCUT2D eigenvalue weighted by atomic mass is 15.3. The van der Waals surface area contributed by atoms with Crippen LogP contribution in [0.15, 0.2) is 158 Å². The van der Waals surface area contributed by atoms with Gasteiger partial charge < -0.3 is 9.80 Å². The fraction of sp³-hybridized carbons (Fsp3) is 0.100. The Kier molecular flexibility index (Phi) is 5.73. The molecule has 0 amide bonds. The first kappa shape index (κ1) is 25.1. The second-order valence-corrected chi connectivity index (χ2v) is 11.8. The molecule has 5 aromatic rings. The maximum atomic E-state index is 5.33. The summed E-state index contributed by atoms with van der Waals surface area (Å²) >= 11 is 0. The van der Waals surface area contributed by atoms with Gasteiger partial charge in [0.05, 0.1) is 34.8 Å². The van der Waals surface area contributed by atoms with E-state index in [2.05, 4.69) is 155 Å². The summed E-state index contributed by atoms with van der Waals surface area (Å²) in [4.78, 5) is 15.6. The minimum atomic E-state index is 0.0717. The first-order valence-corrected chi connectivity index (χ1v) is 15.4. The summed E-state index contributed by atoms with van der Waals surface area (Å²) in [5.74, 6) is 1.20. The lowest BCUT2D eigenvalue weighted by Crippen LogP contribution is -2.32. The van der Waals surface area contributed by atoms with Crippen LogP contribution in [0.1, 0.15) is 23.0 Å². The molecule has 0 radical (unpaired) electrons. The molecule has 4 aliphatic rings. The van der Waals surface area contributed by atoms with Crippen LogP contribution in [0.25, 0.3) is 22.5 Å². The van der Waals surface area contributed by atoms with Gasteiger partial charge in [0.2, 0.25) is 5.95 Å². The molecule has 4 heteroatoms. The van der Waals surface area contributed by atoms with Gasteiger partial charge in [0.1, 0.15) is 0 Å². The molecule has 0 spiro atoms. The van der Waals surface area contributed by atoms with Crippen LogP contribution in [0.4, 0.5) is 23.0 Å². The molecule has 4 aromatic carbocycles. The maximum absolute atomic E-state index is 5.33. The second-order valence-electron chi connectivity index (χ2n) is 11.8. The molecule has 4 atom stereocenters. The smallest absolute Gasteiger partial charge is 0.231 e. The predicted octanol–water partition coefficient (Wildman–Crippen LogP) is 9.27. The van der Waals surface area contributed by atoms with E-state index < -0.39 is 0 Å². The molecule has 4 unspecified atom stereocenters. The third-order valence-corrected chi connectivity index (χ3v) is 9.32. The standard InChI is InChI=1S/C40H30N4/c1-4-14-27(15-5-1)34-26-35(28-16-6-2-7-17-28)42-40(41-34)44-37-23-13-11-21-31(37)33-25-24-32-30-20-10-12-22-36(30)43(38(32)39(33)44)29-18-8-3-9-19-29/h1-26,30-31,36-37H. The molecule has 210 valence electrons. The monoisotopic (exact) mass is 566 g/mol. The van der Waals surface area contributed by atoms with Gasteiger partial charge >= 0.3 is 0 Å². The van der Waals surface area contributed by atoms with Crippen molar-refractivity contribution in [1.82, 2.24) is 9.97 Å². The summed E-state index contributed by atoms with van der Waals surface area (Å²) in [5, 5.41) is 0. The molecule has 0 saturated heterocycles. The molecule has 1 aromatic heterocycles. The molecule has 4 nitrogen and oxygen atoms in total. The van der Waals surface area contributed by atoms with Crippen molar-refractivity contribution >= 4 is 23.0 Å². The van der Waals surface area contributed by atoms with Crippen LogP contribution < -0.4 is 9.80 Å². The molecule has 0 saturated carbocycles.